The highest BCUT2D eigenvalue weighted by Gasteiger charge is 2.14. The first-order chi connectivity index (χ1) is 11.6. The van der Waals surface area contributed by atoms with E-state index in [-0.39, 0.29) is 11.4 Å². The second-order valence-electron chi connectivity index (χ2n) is 5.44. The number of H-pyrrole nitrogens is 1. The fourth-order valence-corrected chi connectivity index (χ4v) is 3.57. The average Bonchev–Trinajstić information content (AvgIpc) is 3.00. The van der Waals surface area contributed by atoms with E-state index in [1.807, 2.05) is 24.4 Å². The van der Waals surface area contributed by atoms with Gasteiger partial charge in [-0.2, -0.15) is 0 Å². The molecule has 24 heavy (non-hydrogen) atoms. The predicted molar refractivity (Wildman–Crippen MR) is 93.6 cm³/mol. The molecule has 4 nitrogen and oxygen atoms in total. The molecule has 0 fully saturated rings. The Labute approximate surface area is 140 Å². The maximum atomic E-state index is 13.1. The van der Waals surface area contributed by atoms with E-state index >= 15 is 0 Å². The van der Waals surface area contributed by atoms with Crippen LogP contribution in [0, 0.1) is 12.7 Å². The first kappa shape index (κ1) is 14.7. The number of hydrogen-bond acceptors (Lipinski definition) is 4. The number of nitrogens with zero attached hydrogens (tertiary/aromatic N) is 2. The van der Waals surface area contributed by atoms with Crippen LogP contribution in [-0.2, 0) is 0 Å². The Morgan fingerprint density at radius 2 is 1.92 bits per heavy atom. The van der Waals surface area contributed by atoms with Crippen molar-refractivity contribution < 1.29 is 4.39 Å². The zero-order valence-corrected chi connectivity index (χ0v) is 13.5. The summed E-state index contributed by atoms with van der Waals surface area (Å²) in [5.74, 6) is 0.214. The molecule has 0 unspecified atom stereocenters. The first-order valence-electron chi connectivity index (χ1n) is 7.32. The van der Waals surface area contributed by atoms with Gasteiger partial charge < -0.3 is 4.98 Å². The summed E-state index contributed by atoms with van der Waals surface area (Å²) >= 11 is 1.40. The zero-order valence-electron chi connectivity index (χ0n) is 12.7. The molecule has 3 aromatic heterocycles. The summed E-state index contributed by atoms with van der Waals surface area (Å²) in [5.41, 5.74) is 3.03. The van der Waals surface area contributed by atoms with Crippen molar-refractivity contribution in [3.8, 4) is 22.5 Å². The summed E-state index contributed by atoms with van der Waals surface area (Å²) in [6.07, 6.45) is 1.69. The number of halogens is 1. The predicted octanol–water partition coefficient (Wildman–Crippen LogP) is 4.16. The highest BCUT2D eigenvalue weighted by Crippen LogP contribution is 2.31. The van der Waals surface area contributed by atoms with Crippen molar-refractivity contribution in [2.45, 2.75) is 6.92 Å². The quantitative estimate of drug-likeness (QED) is 0.597. The van der Waals surface area contributed by atoms with Crippen molar-refractivity contribution in [3.63, 3.8) is 0 Å². The summed E-state index contributed by atoms with van der Waals surface area (Å²) < 4.78 is 13.1. The molecule has 118 valence electrons. The molecule has 0 aliphatic rings. The van der Waals surface area contributed by atoms with Crippen LogP contribution in [0.4, 0.5) is 4.39 Å². The molecule has 0 bridgehead atoms. The summed E-state index contributed by atoms with van der Waals surface area (Å²) in [7, 11) is 0. The molecule has 6 heteroatoms. The van der Waals surface area contributed by atoms with E-state index in [1.54, 1.807) is 18.3 Å². The number of thiophene rings is 1. The lowest BCUT2D eigenvalue weighted by Crippen LogP contribution is -2.09. The Bertz CT molecular complexity index is 1100. The van der Waals surface area contributed by atoms with Gasteiger partial charge in [-0.05, 0) is 36.8 Å². The number of fused-ring (bicyclic) bond motifs is 1. The molecule has 0 aliphatic carbocycles. The molecule has 0 radical (unpaired) electrons. The number of aromatic amines is 1. The highest BCUT2D eigenvalue weighted by atomic mass is 32.1. The Morgan fingerprint density at radius 1 is 1.12 bits per heavy atom. The third kappa shape index (κ3) is 2.51. The van der Waals surface area contributed by atoms with E-state index in [1.165, 1.54) is 23.5 Å². The maximum absolute atomic E-state index is 13.1. The average molecular weight is 337 g/mol. The molecule has 1 aromatic carbocycles. The van der Waals surface area contributed by atoms with Gasteiger partial charge in [0.2, 0.25) is 0 Å². The number of benzene rings is 1. The lowest BCUT2D eigenvalue weighted by atomic mass is 10.1. The minimum absolute atomic E-state index is 0.204. The van der Waals surface area contributed by atoms with Gasteiger partial charge >= 0.3 is 0 Å². The smallest absolute Gasteiger partial charge is 0.260 e. The number of pyridine rings is 1. The molecule has 3 heterocycles. The van der Waals surface area contributed by atoms with Crippen LogP contribution in [0.25, 0.3) is 32.7 Å². The van der Waals surface area contributed by atoms with E-state index in [4.69, 9.17) is 0 Å². The SMILES string of the molecule is Cc1cc(-c2nc3scc(-c4ccc(F)cc4)c3c(=O)[nH]2)ccn1. The van der Waals surface area contributed by atoms with Crippen LogP contribution < -0.4 is 5.56 Å². The fourth-order valence-electron chi connectivity index (χ4n) is 2.62. The van der Waals surface area contributed by atoms with Crippen molar-refractivity contribution in [2.75, 3.05) is 0 Å². The maximum Gasteiger partial charge on any atom is 0.260 e. The van der Waals surface area contributed by atoms with Crippen LogP contribution in [0.1, 0.15) is 5.69 Å². The lowest BCUT2D eigenvalue weighted by molar-refractivity contribution is 0.628. The highest BCUT2D eigenvalue weighted by molar-refractivity contribution is 7.17. The van der Waals surface area contributed by atoms with E-state index in [0.717, 1.165) is 22.4 Å². The molecule has 0 saturated heterocycles. The van der Waals surface area contributed by atoms with Crippen molar-refractivity contribution in [2.24, 2.45) is 0 Å². The first-order valence-corrected chi connectivity index (χ1v) is 8.20. The number of hydrogen-bond donors (Lipinski definition) is 1. The van der Waals surface area contributed by atoms with Gasteiger partial charge in [0.1, 0.15) is 16.5 Å². The van der Waals surface area contributed by atoms with E-state index in [0.29, 0.717) is 16.0 Å². The van der Waals surface area contributed by atoms with Crippen molar-refractivity contribution in [1.29, 1.82) is 0 Å². The molecule has 4 rings (SSSR count). The minimum atomic E-state index is -0.305. The normalized spacial score (nSPS) is 11.1. The monoisotopic (exact) mass is 337 g/mol. The van der Waals surface area contributed by atoms with Crippen molar-refractivity contribution in [3.05, 3.63) is 69.8 Å². The second-order valence-corrected chi connectivity index (χ2v) is 6.29. The molecule has 4 aromatic rings. The number of nitrogens with one attached hydrogen (secondary N) is 1. The summed E-state index contributed by atoms with van der Waals surface area (Å²) in [6.45, 7) is 1.89. The largest absolute Gasteiger partial charge is 0.306 e. The molecule has 0 amide bonds. The molecular formula is C18H12FN3OS. The van der Waals surface area contributed by atoms with Crippen molar-refractivity contribution >= 4 is 21.6 Å². The molecule has 0 aliphatic heterocycles. The fraction of sp³-hybridized carbons (Fsp3) is 0.0556. The van der Waals surface area contributed by atoms with Gasteiger partial charge in [0, 0.05) is 28.4 Å². The standard InChI is InChI=1S/C18H12FN3OS/c1-10-8-12(6-7-20-10)16-21-17(23)15-14(9-24-18(15)22-16)11-2-4-13(19)5-3-11/h2-9H,1H3,(H,21,22,23). The molecule has 0 saturated carbocycles. The topological polar surface area (TPSA) is 58.6 Å². The van der Waals surface area contributed by atoms with E-state index < -0.39 is 0 Å². The van der Waals surface area contributed by atoms with Gasteiger partial charge in [0.05, 0.1) is 5.39 Å². The van der Waals surface area contributed by atoms with Gasteiger partial charge in [-0.3, -0.25) is 9.78 Å². The minimum Gasteiger partial charge on any atom is -0.306 e. The second kappa shape index (κ2) is 5.65. The van der Waals surface area contributed by atoms with Gasteiger partial charge in [-0.15, -0.1) is 11.3 Å². The summed E-state index contributed by atoms with van der Waals surface area (Å²) in [4.78, 5) is 24.8. The van der Waals surface area contributed by atoms with Crippen LogP contribution in [0.2, 0.25) is 0 Å². The number of rotatable bonds is 2. The Hall–Kier alpha value is -2.86. The molecular weight excluding hydrogens is 325 g/mol. The van der Waals surface area contributed by atoms with E-state index in [2.05, 4.69) is 15.0 Å². The Kier molecular flexibility index (Phi) is 3.46. The zero-order chi connectivity index (χ0) is 16.7. The summed E-state index contributed by atoms with van der Waals surface area (Å²) in [5, 5.41) is 2.41. The third-order valence-electron chi connectivity index (χ3n) is 3.77. The molecule has 0 spiro atoms. The van der Waals surface area contributed by atoms with Crippen LogP contribution in [0.15, 0.2) is 52.8 Å². The van der Waals surface area contributed by atoms with Gasteiger partial charge in [-0.1, -0.05) is 12.1 Å². The number of aromatic nitrogens is 3. The van der Waals surface area contributed by atoms with E-state index in [9.17, 15) is 9.18 Å². The lowest BCUT2D eigenvalue weighted by Gasteiger charge is -2.03. The van der Waals surface area contributed by atoms with Crippen LogP contribution in [0.3, 0.4) is 0 Å². The summed E-state index contributed by atoms with van der Waals surface area (Å²) in [6, 6.07) is 9.78. The van der Waals surface area contributed by atoms with Gasteiger partial charge in [0.15, 0.2) is 0 Å². The van der Waals surface area contributed by atoms with Crippen LogP contribution in [-0.4, -0.2) is 15.0 Å². The number of aryl methyl sites for hydroxylation is 1. The molecule has 0 atom stereocenters. The Morgan fingerprint density at radius 3 is 2.67 bits per heavy atom. The van der Waals surface area contributed by atoms with Crippen LogP contribution >= 0.6 is 11.3 Å². The van der Waals surface area contributed by atoms with Crippen LogP contribution in [0.5, 0.6) is 0 Å². The molecule has 1 N–H and O–H groups in total. The third-order valence-corrected chi connectivity index (χ3v) is 4.64. The van der Waals surface area contributed by atoms with Gasteiger partial charge in [-0.25, -0.2) is 9.37 Å². The van der Waals surface area contributed by atoms with Crippen molar-refractivity contribution in [1.82, 2.24) is 15.0 Å². The van der Waals surface area contributed by atoms with Gasteiger partial charge in [0.25, 0.3) is 5.56 Å². The Balaban J connectivity index is 1.90.